The predicted molar refractivity (Wildman–Crippen MR) is 69.7 cm³/mol. The summed E-state index contributed by atoms with van der Waals surface area (Å²) < 4.78 is 5.72. The molecule has 18 heavy (non-hydrogen) atoms. The fourth-order valence-electron chi connectivity index (χ4n) is 2.11. The number of rotatable bonds is 2. The first-order chi connectivity index (χ1) is 8.30. The monoisotopic (exact) mass is 249 g/mol. The second-order valence-corrected chi connectivity index (χ2v) is 5.45. The highest BCUT2D eigenvalue weighted by atomic mass is 16.5. The second-order valence-electron chi connectivity index (χ2n) is 5.45. The highest BCUT2D eigenvalue weighted by Crippen LogP contribution is 2.29. The highest BCUT2D eigenvalue weighted by molar-refractivity contribution is 5.98. The molecule has 1 aliphatic heterocycles. The molecule has 5 heteroatoms. The molecule has 0 radical (unpaired) electrons. The van der Waals surface area contributed by atoms with Crippen molar-refractivity contribution in [1.82, 2.24) is 4.98 Å². The summed E-state index contributed by atoms with van der Waals surface area (Å²) in [5.41, 5.74) is 7.57. The van der Waals surface area contributed by atoms with Gasteiger partial charge >= 0.3 is 0 Å². The average molecular weight is 249 g/mol. The Hall–Kier alpha value is -1.62. The standard InChI is InChI=1S/C13H19N3O2/c1-13(2)6-10-8(7-18-13)5-9(11(14)17)12(15-10)16(3)4/h5H,6-7H2,1-4H3,(H2,14,17). The Bertz CT molecular complexity index is 495. The summed E-state index contributed by atoms with van der Waals surface area (Å²) in [6.45, 7) is 4.55. The Morgan fingerprint density at radius 1 is 1.50 bits per heavy atom. The van der Waals surface area contributed by atoms with E-state index in [9.17, 15) is 4.79 Å². The summed E-state index contributed by atoms with van der Waals surface area (Å²) in [4.78, 5) is 17.8. The minimum atomic E-state index is -0.459. The van der Waals surface area contributed by atoms with Crippen LogP contribution in [0.15, 0.2) is 6.07 Å². The molecule has 0 atom stereocenters. The Labute approximate surface area is 107 Å². The van der Waals surface area contributed by atoms with Crippen molar-refractivity contribution in [3.05, 3.63) is 22.9 Å². The van der Waals surface area contributed by atoms with E-state index in [0.717, 1.165) is 17.7 Å². The Morgan fingerprint density at radius 3 is 2.72 bits per heavy atom. The number of carbonyl (C=O) groups is 1. The molecule has 0 saturated heterocycles. The molecule has 1 aromatic heterocycles. The minimum absolute atomic E-state index is 0.210. The van der Waals surface area contributed by atoms with Crippen LogP contribution in [0.2, 0.25) is 0 Å². The second kappa shape index (κ2) is 4.24. The van der Waals surface area contributed by atoms with Gasteiger partial charge in [-0.25, -0.2) is 4.98 Å². The number of primary amides is 1. The number of hydrogen-bond donors (Lipinski definition) is 1. The van der Waals surface area contributed by atoms with E-state index in [1.165, 1.54) is 0 Å². The number of carbonyl (C=O) groups excluding carboxylic acids is 1. The van der Waals surface area contributed by atoms with Gasteiger partial charge in [-0.15, -0.1) is 0 Å². The van der Waals surface area contributed by atoms with Crippen molar-refractivity contribution in [2.45, 2.75) is 32.5 Å². The van der Waals surface area contributed by atoms with Crippen LogP contribution in [-0.2, 0) is 17.8 Å². The SMILES string of the molecule is CN(C)c1nc2c(cc1C(N)=O)COC(C)(C)C2. The molecule has 1 amide bonds. The maximum atomic E-state index is 11.5. The van der Waals surface area contributed by atoms with Gasteiger partial charge in [-0.3, -0.25) is 4.79 Å². The fourth-order valence-corrected chi connectivity index (χ4v) is 2.11. The predicted octanol–water partition coefficient (Wildman–Crippen LogP) is 1.10. The maximum absolute atomic E-state index is 11.5. The van der Waals surface area contributed by atoms with Crippen LogP contribution in [0.5, 0.6) is 0 Å². The van der Waals surface area contributed by atoms with Crippen LogP contribution in [0.1, 0.15) is 35.5 Å². The molecule has 0 bridgehead atoms. The highest BCUT2D eigenvalue weighted by Gasteiger charge is 2.29. The zero-order chi connectivity index (χ0) is 13.5. The summed E-state index contributed by atoms with van der Waals surface area (Å²) in [5.74, 6) is 0.165. The zero-order valence-corrected chi connectivity index (χ0v) is 11.3. The van der Waals surface area contributed by atoms with Gasteiger partial charge in [0.25, 0.3) is 5.91 Å². The summed E-state index contributed by atoms with van der Waals surface area (Å²) >= 11 is 0. The molecule has 0 saturated carbocycles. The number of aromatic nitrogens is 1. The van der Waals surface area contributed by atoms with Gasteiger partial charge in [0.1, 0.15) is 5.82 Å². The van der Waals surface area contributed by atoms with E-state index < -0.39 is 5.91 Å². The van der Waals surface area contributed by atoms with E-state index >= 15 is 0 Å². The molecule has 0 aromatic carbocycles. The van der Waals surface area contributed by atoms with Crippen molar-refractivity contribution in [1.29, 1.82) is 0 Å². The van der Waals surface area contributed by atoms with E-state index in [1.54, 1.807) is 6.07 Å². The molecule has 5 nitrogen and oxygen atoms in total. The summed E-state index contributed by atoms with van der Waals surface area (Å²) in [6.07, 6.45) is 0.738. The molecule has 1 aliphatic rings. The number of fused-ring (bicyclic) bond motifs is 1. The van der Waals surface area contributed by atoms with Crippen LogP contribution < -0.4 is 10.6 Å². The largest absolute Gasteiger partial charge is 0.370 e. The molecule has 0 unspecified atom stereocenters. The van der Waals surface area contributed by atoms with E-state index in [4.69, 9.17) is 10.5 Å². The van der Waals surface area contributed by atoms with Crippen LogP contribution in [0.25, 0.3) is 0 Å². The van der Waals surface area contributed by atoms with Gasteiger partial charge < -0.3 is 15.4 Å². The lowest BCUT2D eigenvalue weighted by Crippen LogP contribution is -2.33. The lowest BCUT2D eigenvalue weighted by molar-refractivity contribution is -0.0412. The molecular weight excluding hydrogens is 230 g/mol. The molecule has 0 fully saturated rings. The van der Waals surface area contributed by atoms with Crippen molar-refractivity contribution < 1.29 is 9.53 Å². The molecule has 2 heterocycles. The van der Waals surface area contributed by atoms with Gasteiger partial charge in [-0.1, -0.05) is 0 Å². The lowest BCUT2D eigenvalue weighted by atomic mass is 9.95. The first-order valence-corrected chi connectivity index (χ1v) is 5.94. The topological polar surface area (TPSA) is 68.5 Å². The van der Waals surface area contributed by atoms with E-state index in [1.807, 2.05) is 32.8 Å². The van der Waals surface area contributed by atoms with Crippen molar-refractivity contribution >= 4 is 11.7 Å². The normalized spacial score (nSPS) is 17.1. The number of pyridine rings is 1. The maximum Gasteiger partial charge on any atom is 0.252 e. The van der Waals surface area contributed by atoms with Crippen molar-refractivity contribution in [2.75, 3.05) is 19.0 Å². The number of ether oxygens (including phenoxy) is 1. The van der Waals surface area contributed by atoms with Gasteiger partial charge in [0.05, 0.1) is 23.5 Å². The number of hydrogen-bond acceptors (Lipinski definition) is 4. The number of anilines is 1. The molecule has 2 rings (SSSR count). The van der Waals surface area contributed by atoms with Gasteiger partial charge in [0, 0.05) is 26.1 Å². The van der Waals surface area contributed by atoms with Crippen LogP contribution in [0, 0.1) is 0 Å². The first kappa shape index (κ1) is 12.8. The van der Waals surface area contributed by atoms with Crippen molar-refractivity contribution in [3.63, 3.8) is 0 Å². The Kier molecular flexibility index (Phi) is 3.02. The minimum Gasteiger partial charge on any atom is -0.370 e. The van der Waals surface area contributed by atoms with Gasteiger partial charge in [-0.2, -0.15) is 0 Å². The third kappa shape index (κ3) is 2.31. The van der Waals surface area contributed by atoms with Crippen molar-refractivity contribution in [3.8, 4) is 0 Å². The van der Waals surface area contributed by atoms with Gasteiger partial charge in [-0.05, 0) is 19.9 Å². The smallest absolute Gasteiger partial charge is 0.252 e. The molecule has 0 aliphatic carbocycles. The summed E-state index contributed by atoms with van der Waals surface area (Å²) in [5, 5.41) is 0. The molecule has 1 aromatic rings. The van der Waals surface area contributed by atoms with Crippen LogP contribution >= 0.6 is 0 Å². The van der Waals surface area contributed by atoms with E-state index in [-0.39, 0.29) is 5.60 Å². The molecular formula is C13H19N3O2. The van der Waals surface area contributed by atoms with E-state index in [2.05, 4.69) is 4.98 Å². The Morgan fingerprint density at radius 2 is 2.17 bits per heavy atom. The first-order valence-electron chi connectivity index (χ1n) is 5.94. The molecule has 98 valence electrons. The average Bonchev–Trinajstić information content (AvgIpc) is 2.25. The van der Waals surface area contributed by atoms with Crippen LogP contribution in [-0.4, -0.2) is 30.6 Å². The number of amides is 1. The third-order valence-corrected chi connectivity index (χ3v) is 3.07. The zero-order valence-electron chi connectivity index (χ0n) is 11.3. The van der Waals surface area contributed by atoms with Crippen LogP contribution in [0.4, 0.5) is 5.82 Å². The fraction of sp³-hybridized carbons (Fsp3) is 0.538. The van der Waals surface area contributed by atoms with Gasteiger partial charge in [0.15, 0.2) is 0 Å². The van der Waals surface area contributed by atoms with Crippen LogP contribution in [0.3, 0.4) is 0 Å². The molecule has 0 spiro atoms. The summed E-state index contributed by atoms with van der Waals surface area (Å²) in [6, 6.07) is 1.80. The van der Waals surface area contributed by atoms with Crippen molar-refractivity contribution in [2.24, 2.45) is 5.73 Å². The summed E-state index contributed by atoms with van der Waals surface area (Å²) in [7, 11) is 3.71. The Balaban J connectivity index is 2.53. The van der Waals surface area contributed by atoms with E-state index in [0.29, 0.717) is 18.0 Å². The number of nitrogens with zero attached hydrogens (tertiary/aromatic N) is 2. The van der Waals surface area contributed by atoms with Gasteiger partial charge in [0.2, 0.25) is 0 Å². The third-order valence-electron chi connectivity index (χ3n) is 3.07. The number of nitrogens with two attached hydrogens (primary N) is 1. The lowest BCUT2D eigenvalue weighted by Gasteiger charge is -2.32. The quantitative estimate of drug-likeness (QED) is 0.852. The molecule has 2 N–H and O–H groups in total.